The van der Waals surface area contributed by atoms with Crippen LogP contribution in [0.5, 0.6) is 0 Å². The van der Waals surface area contributed by atoms with E-state index in [1.807, 2.05) is 42.3 Å². The third-order valence-corrected chi connectivity index (χ3v) is 7.60. The van der Waals surface area contributed by atoms with E-state index >= 15 is 0 Å². The minimum Gasteiger partial charge on any atom is -0.394 e. The fraction of sp³-hybridized carbons (Fsp3) is 0.308. The Balaban J connectivity index is 1.52. The van der Waals surface area contributed by atoms with Crippen LogP contribution in [0.1, 0.15) is 57.6 Å². The van der Waals surface area contributed by atoms with Gasteiger partial charge >= 0.3 is 0 Å². The number of thiophene rings is 1. The summed E-state index contributed by atoms with van der Waals surface area (Å²) in [5.74, 6) is 0.496. The summed E-state index contributed by atoms with van der Waals surface area (Å²) < 4.78 is 4.38. The van der Waals surface area contributed by atoms with Crippen LogP contribution in [0.25, 0.3) is 5.69 Å². The molecule has 0 aliphatic heterocycles. The molecule has 0 spiro atoms. The number of imidazole rings is 1. The van der Waals surface area contributed by atoms with Gasteiger partial charge in [-0.05, 0) is 73.6 Å². The highest BCUT2D eigenvalue weighted by Crippen LogP contribution is 2.40. The minimum atomic E-state index is -0.430. The number of aromatic nitrogens is 3. The molecule has 1 aliphatic rings. The predicted octanol–water partition coefficient (Wildman–Crippen LogP) is 5.42. The number of aryl methyl sites for hydroxylation is 2. The van der Waals surface area contributed by atoms with Crippen LogP contribution in [-0.2, 0) is 6.42 Å². The SMILES string of the molecule is Cc1cn(-c2ccc(Cc3cc(C4CC4)cn([C@@H](CO)c4ccc(Cl)s4)c3=O)cc2C)cn1. The van der Waals surface area contributed by atoms with Gasteiger partial charge in [-0.1, -0.05) is 23.7 Å². The standard InChI is InChI=1S/C26H26ClN3O2S/c1-16-9-18(3-6-22(16)29-12-17(2)28-15-29)10-20-11-21(19-4-5-19)13-30(26(20)32)23(14-31)24-7-8-25(27)33-24/h3,6-9,11-13,15,19,23,31H,4-5,10,14H2,1-2H3/t23-/m0/s1. The van der Waals surface area contributed by atoms with E-state index in [2.05, 4.69) is 36.2 Å². The molecule has 1 fully saturated rings. The number of hydrogen-bond donors (Lipinski definition) is 1. The molecule has 5 rings (SSSR count). The van der Waals surface area contributed by atoms with Gasteiger partial charge in [0.1, 0.15) is 0 Å². The molecule has 0 radical (unpaired) electrons. The van der Waals surface area contributed by atoms with E-state index in [0.29, 0.717) is 16.7 Å². The molecule has 5 nitrogen and oxygen atoms in total. The lowest BCUT2D eigenvalue weighted by atomic mass is 10.0. The van der Waals surface area contributed by atoms with E-state index in [4.69, 9.17) is 11.6 Å². The number of nitrogens with zero attached hydrogens (tertiary/aromatic N) is 3. The van der Waals surface area contributed by atoms with Crippen molar-refractivity contribution in [1.29, 1.82) is 0 Å². The van der Waals surface area contributed by atoms with Crippen molar-refractivity contribution >= 4 is 22.9 Å². The maximum Gasteiger partial charge on any atom is 0.254 e. The van der Waals surface area contributed by atoms with Crippen LogP contribution in [0, 0.1) is 13.8 Å². The predicted molar refractivity (Wildman–Crippen MR) is 133 cm³/mol. The molecule has 1 aromatic carbocycles. The number of benzene rings is 1. The lowest BCUT2D eigenvalue weighted by Gasteiger charge is -2.19. The summed E-state index contributed by atoms with van der Waals surface area (Å²) in [7, 11) is 0. The molecule has 0 bridgehead atoms. The number of aliphatic hydroxyl groups excluding tert-OH is 1. The van der Waals surface area contributed by atoms with Gasteiger partial charge in [-0.2, -0.15) is 0 Å². The van der Waals surface area contributed by atoms with Crippen molar-refractivity contribution in [2.24, 2.45) is 0 Å². The highest BCUT2D eigenvalue weighted by molar-refractivity contribution is 7.16. The third-order valence-electron chi connectivity index (χ3n) is 6.26. The zero-order chi connectivity index (χ0) is 23.1. The van der Waals surface area contributed by atoms with E-state index in [1.165, 1.54) is 16.9 Å². The first kappa shape index (κ1) is 22.1. The molecule has 4 aromatic rings. The Morgan fingerprint density at radius 3 is 2.61 bits per heavy atom. The first-order valence-electron chi connectivity index (χ1n) is 11.1. The van der Waals surface area contributed by atoms with Crippen molar-refractivity contribution < 1.29 is 5.11 Å². The van der Waals surface area contributed by atoms with Crippen LogP contribution in [0.15, 0.2) is 59.9 Å². The van der Waals surface area contributed by atoms with Gasteiger partial charge in [-0.15, -0.1) is 11.3 Å². The summed E-state index contributed by atoms with van der Waals surface area (Å²) in [5, 5.41) is 10.2. The molecule has 170 valence electrons. The molecule has 7 heteroatoms. The van der Waals surface area contributed by atoms with Crippen LogP contribution < -0.4 is 5.56 Å². The number of halogens is 1. The molecule has 3 aromatic heterocycles. The maximum absolute atomic E-state index is 13.5. The number of rotatable bonds is 7. The summed E-state index contributed by atoms with van der Waals surface area (Å²) in [6.07, 6.45) is 8.60. The summed E-state index contributed by atoms with van der Waals surface area (Å²) in [4.78, 5) is 18.7. The Bertz CT molecular complexity index is 1370. The lowest BCUT2D eigenvalue weighted by molar-refractivity contribution is 0.248. The van der Waals surface area contributed by atoms with Crippen molar-refractivity contribution in [3.8, 4) is 5.69 Å². The van der Waals surface area contributed by atoms with Crippen LogP contribution in [0.2, 0.25) is 4.34 Å². The molecule has 3 heterocycles. The molecule has 33 heavy (non-hydrogen) atoms. The smallest absolute Gasteiger partial charge is 0.254 e. The van der Waals surface area contributed by atoms with Gasteiger partial charge in [-0.25, -0.2) is 4.98 Å². The molecule has 1 saturated carbocycles. The second-order valence-corrected chi connectivity index (χ2v) is 10.6. The second kappa shape index (κ2) is 8.93. The Hall–Kier alpha value is -2.67. The summed E-state index contributed by atoms with van der Waals surface area (Å²) in [6.45, 7) is 3.90. The number of pyridine rings is 1. The molecule has 0 unspecified atom stereocenters. The largest absolute Gasteiger partial charge is 0.394 e. The van der Waals surface area contributed by atoms with Gasteiger partial charge in [-0.3, -0.25) is 4.79 Å². The van der Waals surface area contributed by atoms with E-state index in [1.54, 1.807) is 4.57 Å². The van der Waals surface area contributed by atoms with Crippen molar-refractivity contribution in [2.45, 2.75) is 45.1 Å². The molecule has 1 N–H and O–H groups in total. The first-order valence-corrected chi connectivity index (χ1v) is 12.3. The first-order chi connectivity index (χ1) is 15.9. The highest BCUT2D eigenvalue weighted by atomic mass is 35.5. The van der Waals surface area contributed by atoms with Crippen molar-refractivity contribution in [3.63, 3.8) is 0 Å². The zero-order valence-electron chi connectivity index (χ0n) is 18.7. The lowest BCUT2D eigenvalue weighted by Crippen LogP contribution is -2.30. The summed E-state index contributed by atoms with van der Waals surface area (Å²) in [5.41, 5.74) is 6.14. The molecular weight excluding hydrogens is 454 g/mol. The van der Waals surface area contributed by atoms with Crippen LogP contribution in [-0.4, -0.2) is 25.8 Å². The quantitative estimate of drug-likeness (QED) is 0.385. The topological polar surface area (TPSA) is 60.0 Å². The van der Waals surface area contributed by atoms with Crippen LogP contribution in [0.4, 0.5) is 0 Å². The van der Waals surface area contributed by atoms with Crippen LogP contribution in [0.3, 0.4) is 0 Å². The maximum atomic E-state index is 13.5. The average Bonchev–Trinajstić information content (AvgIpc) is 3.42. The van der Waals surface area contributed by atoms with Gasteiger partial charge < -0.3 is 14.2 Å². The van der Waals surface area contributed by atoms with E-state index in [9.17, 15) is 9.90 Å². The molecule has 1 aliphatic carbocycles. The van der Waals surface area contributed by atoms with E-state index in [-0.39, 0.29) is 12.2 Å². The van der Waals surface area contributed by atoms with E-state index in [0.717, 1.165) is 45.8 Å². The summed E-state index contributed by atoms with van der Waals surface area (Å²) >= 11 is 7.54. The zero-order valence-corrected chi connectivity index (χ0v) is 20.2. The van der Waals surface area contributed by atoms with Crippen molar-refractivity contribution in [1.82, 2.24) is 14.1 Å². The molecule has 0 saturated heterocycles. The fourth-order valence-corrected chi connectivity index (χ4v) is 5.55. The summed E-state index contributed by atoms with van der Waals surface area (Å²) in [6, 6.07) is 11.6. The molecular formula is C26H26ClN3O2S. The van der Waals surface area contributed by atoms with Gasteiger partial charge in [0.2, 0.25) is 0 Å². The second-order valence-electron chi connectivity index (χ2n) is 8.85. The Morgan fingerprint density at radius 1 is 1.18 bits per heavy atom. The Labute approximate surface area is 201 Å². The highest BCUT2D eigenvalue weighted by Gasteiger charge is 2.27. The van der Waals surface area contributed by atoms with Gasteiger partial charge in [0, 0.05) is 34.9 Å². The monoisotopic (exact) mass is 479 g/mol. The molecule has 1 atom stereocenters. The van der Waals surface area contributed by atoms with Crippen LogP contribution >= 0.6 is 22.9 Å². The average molecular weight is 480 g/mol. The third kappa shape index (κ3) is 4.56. The fourth-order valence-electron chi connectivity index (χ4n) is 4.40. The van der Waals surface area contributed by atoms with Gasteiger partial charge in [0.15, 0.2) is 0 Å². The van der Waals surface area contributed by atoms with Gasteiger partial charge in [0.25, 0.3) is 5.56 Å². The number of hydrogen-bond acceptors (Lipinski definition) is 4. The molecule has 0 amide bonds. The van der Waals surface area contributed by atoms with Gasteiger partial charge in [0.05, 0.1) is 29.0 Å². The Kier molecular flexibility index (Phi) is 5.99. The minimum absolute atomic E-state index is 0.0602. The Morgan fingerprint density at radius 2 is 2.00 bits per heavy atom. The van der Waals surface area contributed by atoms with Crippen molar-refractivity contribution in [3.05, 3.63) is 103 Å². The normalized spacial score (nSPS) is 14.5. The van der Waals surface area contributed by atoms with Crippen molar-refractivity contribution in [2.75, 3.05) is 6.61 Å². The number of aliphatic hydroxyl groups is 1. The van der Waals surface area contributed by atoms with E-state index < -0.39 is 6.04 Å².